The zero-order valence-corrected chi connectivity index (χ0v) is 12.2. The van der Waals surface area contributed by atoms with Gasteiger partial charge in [-0.15, -0.1) is 10.1 Å². The predicted octanol–water partition coefficient (Wildman–Crippen LogP) is -1.03. The van der Waals surface area contributed by atoms with Crippen molar-refractivity contribution in [2.75, 3.05) is 33.8 Å². The summed E-state index contributed by atoms with van der Waals surface area (Å²) < 4.78 is 0. The Labute approximate surface area is 126 Å². The second-order valence-corrected chi connectivity index (χ2v) is 3.97. The van der Waals surface area contributed by atoms with Crippen molar-refractivity contribution >= 4 is 17.8 Å². The molecule has 3 N–H and O–H groups in total. The standard InChI is InChI=1S/C7H15N3O4.C4H4O4/c1-9(2)5-3-7(11)8-4-6-14-10(12)13;5-3(6)1-2-4(7)8/h3-6H2,1-2H3,(H,8,11);1-2H,(H,5,6)(H,7,8). The number of aliphatic carboxylic acids is 2. The molecule has 0 aromatic rings. The second kappa shape index (κ2) is 13.3. The molecule has 0 aromatic heterocycles. The number of carboxylic acids is 2. The molecule has 0 fully saturated rings. The summed E-state index contributed by atoms with van der Waals surface area (Å²) in [5.74, 6) is -2.65. The van der Waals surface area contributed by atoms with Crippen LogP contribution in [0.4, 0.5) is 0 Å². The highest BCUT2D eigenvalue weighted by atomic mass is 16.9. The summed E-state index contributed by atoms with van der Waals surface area (Å²) in [6.07, 6.45) is 1.50. The molecule has 0 aliphatic carbocycles. The summed E-state index contributed by atoms with van der Waals surface area (Å²) in [5.41, 5.74) is 0. The third-order valence-corrected chi connectivity index (χ3v) is 1.78. The smallest absolute Gasteiger partial charge is 0.328 e. The molecule has 0 rings (SSSR count). The Bertz CT molecular complexity index is 392. The molecular formula is C11H19N3O8. The van der Waals surface area contributed by atoms with Gasteiger partial charge in [-0.3, -0.25) is 4.79 Å². The molecule has 0 aliphatic heterocycles. The minimum atomic E-state index is -1.26. The lowest BCUT2D eigenvalue weighted by Gasteiger charge is -2.09. The van der Waals surface area contributed by atoms with Crippen LogP contribution in [-0.2, 0) is 19.2 Å². The van der Waals surface area contributed by atoms with E-state index in [1.54, 1.807) is 0 Å². The monoisotopic (exact) mass is 321 g/mol. The van der Waals surface area contributed by atoms with E-state index in [4.69, 9.17) is 10.2 Å². The summed E-state index contributed by atoms with van der Waals surface area (Å²) in [5, 5.41) is 27.0. The molecule has 126 valence electrons. The number of carboxylic acid groups (broad SMARTS) is 2. The number of rotatable bonds is 9. The van der Waals surface area contributed by atoms with E-state index in [0.717, 1.165) is 0 Å². The number of carbonyl (C=O) groups excluding carboxylic acids is 1. The normalized spacial score (nSPS) is 9.77. The molecule has 0 aliphatic rings. The number of carbonyl (C=O) groups is 3. The minimum Gasteiger partial charge on any atom is -0.478 e. The van der Waals surface area contributed by atoms with Crippen LogP contribution in [-0.4, -0.2) is 71.8 Å². The zero-order chi connectivity index (χ0) is 17.5. The molecule has 0 radical (unpaired) electrons. The number of nitrogens with one attached hydrogen (secondary N) is 1. The highest BCUT2D eigenvalue weighted by molar-refractivity contribution is 5.89. The van der Waals surface area contributed by atoms with Gasteiger partial charge >= 0.3 is 11.9 Å². The second-order valence-electron chi connectivity index (χ2n) is 3.97. The lowest BCUT2D eigenvalue weighted by atomic mass is 10.4. The van der Waals surface area contributed by atoms with Crippen LogP contribution in [0.1, 0.15) is 6.42 Å². The molecule has 0 spiro atoms. The third kappa shape index (κ3) is 22.5. The van der Waals surface area contributed by atoms with E-state index < -0.39 is 17.0 Å². The van der Waals surface area contributed by atoms with E-state index in [9.17, 15) is 24.5 Å². The lowest BCUT2D eigenvalue weighted by Crippen LogP contribution is -2.30. The maximum atomic E-state index is 11.0. The topological polar surface area (TPSA) is 159 Å². The Kier molecular flexibility index (Phi) is 13.1. The van der Waals surface area contributed by atoms with Crippen molar-refractivity contribution in [3.8, 4) is 0 Å². The van der Waals surface area contributed by atoms with Crippen LogP contribution in [0, 0.1) is 10.1 Å². The molecule has 11 nitrogen and oxygen atoms in total. The lowest BCUT2D eigenvalue weighted by molar-refractivity contribution is -0.757. The van der Waals surface area contributed by atoms with E-state index in [2.05, 4.69) is 10.2 Å². The molecule has 0 saturated carbocycles. The first-order chi connectivity index (χ1) is 10.1. The molecule has 0 atom stereocenters. The van der Waals surface area contributed by atoms with E-state index in [-0.39, 0.29) is 19.1 Å². The summed E-state index contributed by atoms with van der Waals surface area (Å²) in [4.78, 5) is 45.8. The average Bonchev–Trinajstić information content (AvgIpc) is 2.39. The molecule has 0 bridgehead atoms. The van der Waals surface area contributed by atoms with E-state index in [1.807, 2.05) is 19.0 Å². The van der Waals surface area contributed by atoms with Gasteiger partial charge in [-0.2, -0.15) is 0 Å². The van der Waals surface area contributed by atoms with E-state index >= 15 is 0 Å². The van der Waals surface area contributed by atoms with Crippen LogP contribution in [0.15, 0.2) is 12.2 Å². The van der Waals surface area contributed by atoms with Crippen LogP contribution in [0.25, 0.3) is 0 Å². The molecule has 1 amide bonds. The Morgan fingerprint density at radius 3 is 2.09 bits per heavy atom. The summed E-state index contributed by atoms with van der Waals surface area (Å²) in [6, 6.07) is 0. The molecule has 11 heteroatoms. The average molecular weight is 321 g/mol. The van der Waals surface area contributed by atoms with Crippen molar-refractivity contribution in [2.45, 2.75) is 6.42 Å². The highest BCUT2D eigenvalue weighted by Crippen LogP contribution is 1.83. The number of hydrogen-bond donors (Lipinski definition) is 3. The van der Waals surface area contributed by atoms with Crippen molar-refractivity contribution in [1.29, 1.82) is 0 Å². The van der Waals surface area contributed by atoms with Crippen molar-refractivity contribution in [1.82, 2.24) is 10.2 Å². The Morgan fingerprint density at radius 1 is 1.23 bits per heavy atom. The van der Waals surface area contributed by atoms with Crippen LogP contribution in [0.2, 0.25) is 0 Å². The van der Waals surface area contributed by atoms with Gasteiger partial charge in [0.25, 0.3) is 5.09 Å². The van der Waals surface area contributed by atoms with Crippen LogP contribution < -0.4 is 5.32 Å². The third-order valence-electron chi connectivity index (χ3n) is 1.78. The summed E-state index contributed by atoms with van der Waals surface area (Å²) >= 11 is 0. The first-order valence-corrected chi connectivity index (χ1v) is 5.97. The van der Waals surface area contributed by atoms with Crippen LogP contribution >= 0.6 is 0 Å². The molecule has 0 unspecified atom stereocenters. The summed E-state index contributed by atoms with van der Waals surface area (Å²) in [7, 11) is 3.73. The maximum absolute atomic E-state index is 11.0. The van der Waals surface area contributed by atoms with E-state index in [1.165, 1.54) is 0 Å². The van der Waals surface area contributed by atoms with E-state index in [0.29, 0.717) is 25.1 Å². The van der Waals surface area contributed by atoms with Gasteiger partial charge in [0.05, 0.1) is 0 Å². The van der Waals surface area contributed by atoms with Gasteiger partial charge in [0.1, 0.15) is 6.61 Å². The van der Waals surface area contributed by atoms with Crippen molar-refractivity contribution in [3.63, 3.8) is 0 Å². The molecule has 0 heterocycles. The Balaban J connectivity index is 0. The van der Waals surface area contributed by atoms with Gasteiger partial charge in [0.15, 0.2) is 0 Å². The van der Waals surface area contributed by atoms with Gasteiger partial charge < -0.3 is 25.3 Å². The maximum Gasteiger partial charge on any atom is 0.328 e. The van der Waals surface area contributed by atoms with Crippen LogP contribution in [0.5, 0.6) is 0 Å². The zero-order valence-electron chi connectivity index (χ0n) is 12.2. The minimum absolute atomic E-state index is 0.110. The van der Waals surface area contributed by atoms with Crippen molar-refractivity contribution < 1.29 is 34.5 Å². The SMILES string of the molecule is CN(C)CCC(=O)NCCO[N+](=O)[O-].O=C(O)C=CC(=O)O. The fourth-order valence-electron chi connectivity index (χ4n) is 0.867. The van der Waals surface area contributed by atoms with Crippen molar-refractivity contribution in [2.24, 2.45) is 0 Å². The molecule has 0 saturated heterocycles. The fourth-order valence-corrected chi connectivity index (χ4v) is 0.867. The molecule has 22 heavy (non-hydrogen) atoms. The van der Waals surface area contributed by atoms with Gasteiger partial charge in [-0.25, -0.2) is 9.59 Å². The molecular weight excluding hydrogens is 302 g/mol. The molecule has 0 aromatic carbocycles. The van der Waals surface area contributed by atoms with Gasteiger partial charge in [-0.05, 0) is 14.1 Å². The first kappa shape index (κ1) is 21.6. The number of hydrogen-bond acceptors (Lipinski definition) is 7. The van der Waals surface area contributed by atoms with Gasteiger partial charge in [0.2, 0.25) is 5.91 Å². The largest absolute Gasteiger partial charge is 0.478 e. The quantitative estimate of drug-likeness (QED) is 0.209. The number of nitrogens with zero attached hydrogens (tertiary/aromatic N) is 2. The highest BCUT2D eigenvalue weighted by Gasteiger charge is 2.01. The van der Waals surface area contributed by atoms with Gasteiger partial charge in [-0.1, -0.05) is 0 Å². The number of amides is 1. The van der Waals surface area contributed by atoms with Gasteiger partial charge in [0, 0.05) is 31.7 Å². The first-order valence-electron chi connectivity index (χ1n) is 5.97. The predicted molar refractivity (Wildman–Crippen MR) is 73.5 cm³/mol. The Morgan fingerprint density at radius 2 is 1.73 bits per heavy atom. The Hall–Kier alpha value is -2.69. The fraction of sp³-hybridized carbons (Fsp3) is 0.545. The van der Waals surface area contributed by atoms with Crippen molar-refractivity contribution in [3.05, 3.63) is 22.3 Å². The summed E-state index contributed by atoms with van der Waals surface area (Å²) in [6.45, 7) is 0.704. The van der Waals surface area contributed by atoms with Crippen LogP contribution in [0.3, 0.4) is 0 Å².